The molecule has 1 aromatic rings. The molecule has 1 unspecified atom stereocenters. The fraction of sp³-hybridized carbons (Fsp3) is 0.308. The van der Waals surface area contributed by atoms with Gasteiger partial charge < -0.3 is 15.2 Å². The quantitative estimate of drug-likeness (QED) is 0.756. The van der Waals surface area contributed by atoms with Crippen LogP contribution in [0.25, 0.3) is 0 Å². The molecule has 18 heavy (non-hydrogen) atoms. The average molecular weight is 253 g/mol. The second-order valence-corrected chi connectivity index (χ2v) is 3.74. The van der Waals surface area contributed by atoms with E-state index in [0.29, 0.717) is 17.9 Å². The zero-order chi connectivity index (χ0) is 13.5. The van der Waals surface area contributed by atoms with Crippen LogP contribution in [0.2, 0.25) is 0 Å². The molecule has 0 heterocycles. The van der Waals surface area contributed by atoms with Crippen LogP contribution in [0.1, 0.15) is 18.6 Å². The highest BCUT2D eigenvalue weighted by atomic mass is 19.1. The van der Waals surface area contributed by atoms with E-state index >= 15 is 0 Å². The Bertz CT molecular complexity index is 432. The first-order valence-corrected chi connectivity index (χ1v) is 5.52. The standard InChI is InChI=1S/C13H16FNO3/c1-3-6-15-13(17)8-18-12-5-4-10(14)7-11(12)9(2)16/h3-5,7,9,16H,1,6,8H2,2H3,(H,15,17). The van der Waals surface area contributed by atoms with Gasteiger partial charge in [-0.25, -0.2) is 4.39 Å². The third-order valence-electron chi connectivity index (χ3n) is 2.22. The Labute approximate surface area is 105 Å². The lowest BCUT2D eigenvalue weighted by Crippen LogP contribution is -2.29. The Kier molecular flexibility index (Phi) is 5.32. The molecule has 0 bridgehead atoms. The molecule has 0 aliphatic rings. The molecule has 0 aliphatic carbocycles. The van der Waals surface area contributed by atoms with Crippen molar-refractivity contribution in [2.45, 2.75) is 13.0 Å². The Balaban J connectivity index is 2.66. The van der Waals surface area contributed by atoms with Crippen LogP contribution in [0.5, 0.6) is 5.75 Å². The topological polar surface area (TPSA) is 58.6 Å². The highest BCUT2D eigenvalue weighted by Crippen LogP contribution is 2.25. The number of halogens is 1. The molecule has 0 spiro atoms. The predicted octanol–water partition coefficient (Wildman–Crippen LogP) is 1.56. The van der Waals surface area contributed by atoms with E-state index in [1.807, 2.05) is 0 Å². The van der Waals surface area contributed by atoms with Gasteiger partial charge in [0, 0.05) is 12.1 Å². The van der Waals surface area contributed by atoms with Gasteiger partial charge in [-0.1, -0.05) is 6.08 Å². The number of benzene rings is 1. The van der Waals surface area contributed by atoms with Gasteiger partial charge in [0.1, 0.15) is 11.6 Å². The fourth-order valence-electron chi connectivity index (χ4n) is 1.36. The summed E-state index contributed by atoms with van der Waals surface area (Å²) in [5, 5.41) is 12.0. The summed E-state index contributed by atoms with van der Waals surface area (Å²) in [5.41, 5.74) is 0.312. The number of carbonyl (C=O) groups excluding carboxylic acids is 1. The third-order valence-corrected chi connectivity index (χ3v) is 2.22. The molecular formula is C13H16FNO3. The monoisotopic (exact) mass is 253 g/mol. The van der Waals surface area contributed by atoms with Crippen molar-refractivity contribution in [2.24, 2.45) is 0 Å². The van der Waals surface area contributed by atoms with Crippen molar-refractivity contribution < 1.29 is 19.0 Å². The maximum atomic E-state index is 13.0. The molecule has 98 valence electrons. The molecule has 0 saturated carbocycles. The lowest BCUT2D eigenvalue weighted by molar-refractivity contribution is -0.122. The van der Waals surface area contributed by atoms with E-state index in [1.54, 1.807) is 6.08 Å². The number of amides is 1. The number of hydrogen-bond donors (Lipinski definition) is 2. The number of carbonyl (C=O) groups is 1. The van der Waals surface area contributed by atoms with Crippen molar-refractivity contribution in [1.29, 1.82) is 0 Å². The van der Waals surface area contributed by atoms with Gasteiger partial charge in [0.15, 0.2) is 6.61 Å². The summed E-state index contributed by atoms with van der Waals surface area (Å²) in [6.45, 7) is 5.13. The van der Waals surface area contributed by atoms with Crippen LogP contribution in [0.3, 0.4) is 0 Å². The SMILES string of the molecule is C=CCNC(=O)COc1ccc(F)cc1C(C)O. The summed E-state index contributed by atoms with van der Waals surface area (Å²) in [4.78, 5) is 11.3. The van der Waals surface area contributed by atoms with E-state index < -0.39 is 11.9 Å². The van der Waals surface area contributed by atoms with E-state index in [4.69, 9.17) is 4.74 Å². The van der Waals surface area contributed by atoms with Crippen LogP contribution in [0.15, 0.2) is 30.9 Å². The summed E-state index contributed by atoms with van der Waals surface area (Å²) in [6.07, 6.45) is 0.684. The highest BCUT2D eigenvalue weighted by molar-refractivity contribution is 5.77. The normalized spacial score (nSPS) is 11.7. The number of hydrogen-bond acceptors (Lipinski definition) is 3. The zero-order valence-electron chi connectivity index (χ0n) is 10.1. The summed E-state index contributed by atoms with van der Waals surface area (Å²) >= 11 is 0. The maximum Gasteiger partial charge on any atom is 0.258 e. The minimum absolute atomic E-state index is 0.195. The molecule has 0 aliphatic heterocycles. The summed E-state index contributed by atoms with van der Waals surface area (Å²) in [5.74, 6) is -0.481. The van der Waals surface area contributed by atoms with E-state index in [1.165, 1.54) is 25.1 Å². The van der Waals surface area contributed by atoms with Gasteiger partial charge in [0.25, 0.3) is 5.91 Å². The first-order valence-electron chi connectivity index (χ1n) is 5.52. The molecule has 0 fully saturated rings. The Morgan fingerprint density at radius 1 is 1.67 bits per heavy atom. The van der Waals surface area contributed by atoms with Crippen LogP contribution >= 0.6 is 0 Å². The number of nitrogens with one attached hydrogen (secondary N) is 1. The first kappa shape index (κ1) is 14.2. The second-order valence-electron chi connectivity index (χ2n) is 3.74. The van der Waals surface area contributed by atoms with Gasteiger partial charge in [-0.3, -0.25) is 4.79 Å². The van der Waals surface area contributed by atoms with Gasteiger partial charge in [-0.15, -0.1) is 6.58 Å². The van der Waals surface area contributed by atoms with Gasteiger partial charge >= 0.3 is 0 Å². The van der Waals surface area contributed by atoms with E-state index in [0.717, 1.165) is 0 Å². The molecular weight excluding hydrogens is 237 g/mol. The molecule has 1 amide bonds. The van der Waals surface area contributed by atoms with Crippen molar-refractivity contribution in [3.05, 3.63) is 42.2 Å². The van der Waals surface area contributed by atoms with E-state index in [2.05, 4.69) is 11.9 Å². The number of ether oxygens (including phenoxy) is 1. The maximum absolute atomic E-state index is 13.0. The fourth-order valence-corrected chi connectivity index (χ4v) is 1.36. The average Bonchev–Trinajstić information content (AvgIpc) is 2.34. The zero-order valence-corrected chi connectivity index (χ0v) is 10.1. The van der Waals surface area contributed by atoms with Crippen LogP contribution in [0, 0.1) is 5.82 Å². The van der Waals surface area contributed by atoms with E-state index in [-0.39, 0.29) is 12.5 Å². The molecule has 1 aromatic carbocycles. The summed E-state index contributed by atoms with van der Waals surface area (Å²) < 4.78 is 18.3. The van der Waals surface area contributed by atoms with Crippen molar-refractivity contribution in [1.82, 2.24) is 5.32 Å². The predicted molar refractivity (Wildman–Crippen MR) is 65.7 cm³/mol. The van der Waals surface area contributed by atoms with Gasteiger partial charge in [0.2, 0.25) is 0 Å². The largest absolute Gasteiger partial charge is 0.483 e. The Morgan fingerprint density at radius 3 is 3.00 bits per heavy atom. The van der Waals surface area contributed by atoms with Crippen LogP contribution < -0.4 is 10.1 Å². The Hall–Kier alpha value is -1.88. The molecule has 5 heteroatoms. The van der Waals surface area contributed by atoms with Crippen LogP contribution in [-0.2, 0) is 4.79 Å². The molecule has 0 saturated heterocycles. The smallest absolute Gasteiger partial charge is 0.258 e. The molecule has 1 atom stereocenters. The van der Waals surface area contributed by atoms with Crippen molar-refractivity contribution >= 4 is 5.91 Å². The lowest BCUT2D eigenvalue weighted by atomic mass is 10.1. The minimum atomic E-state index is -0.869. The minimum Gasteiger partial charge on any atom is -0.483 e. The number of aliphatic hydroxyl groups is 1. The summed E-state index contributed by atoms with van der Waals surface area (Å²) in [6, 6.07) is 3.78. The molecule has 0 aromatic heterocycles. The molecule has 4 nitrogen and oxygen atoms in total. The molecule has 1 rings (SSSR count). The van der Waals surface area contributed by atoms with Crippen molar-refractivity contribution in [3.63, 3.8) is 0 Å². The third kappa shape index (κ3) is 4.18. The first-order chi connectivity index (χ1) is 8.54. The van der Waals surface area contributed by atoms with Gasteiger partial charge in [0.05, 0.1) is 6.10 Å². The second kappa shape index (κ2) is 6.76. The molecule has 0 radical (unpaired) electrons. The van der Waals surface area contributed by atoms with Gasteiger partial charge in [-0.2, -0.15) is 0 Å². The van der Waals surface area contributed by atoms with Crippen molar-refractivity contribution in [2.75, 3.05) is 13.2 Å². The van der Waals surface area contributed by atoms with Gasteiger partial charge in [-0.05, 0) is 25.1 Å². The highest BCUT2D eigenvalue weighted by Gasteiger charge is 2.11. The van der Waals surface area contributed by atoms with E-state index in [9.17, 15) is 14.3 Å². The van der Waals surface area contributed by atoms with Crippen LogP contribution in [-0.4, -0.2) is 24.2 Å². The lowest BCUT2D eigenvalue weighted by Gasteiger charge is -2.13. The Morgan fingerprint density at radius 2 is 2.39 bits per heavy atom. The van der Waals surface area contributed by atoms with Crippen LogP contribution in [0.4, 0.5) is 4.39 Å². The number of rotatable bonds is 6. The number of aliphatic hydroxyl groups excluding tert-OH is 1. The molecule has 2 N–H and O–H groups in total. The summed E-state index contributed by atoms with van der Waals surface area (Å²) in [7, 11) is 0. The van der Waals surface area contributed by atoms with Crippen molar-refractivity contribution in [3.8, 4) is 5.75 Å².